The van der Waals surface area contributed by atoms with E-state index >= 15 is 0 Å². The van der Waals surface area contributed by atoms with Gasteiger partial charge in [-0.05, 0) is 12.1 Å². The van der Waals surface area contributed by atoms with Crippen LogP contribution < -0.4 is 4.74 Å². The summed E-state index contributed by atoms with van der Waals surface area (Å²) < 4.78 is 16.2. The second-order valence-corrected chi connectivity index (χ2v) is 5.25. The quantitative estimate of drug-likeness (QED) is 0.718. The number of methoxy groups -OCH3 is 1. The first-order chi connectivity index (χ1) is 11.3. The minimum Gasteiger partial charge on any atom is -0.481 e. The van der Waals surface area contributed by atoms with Crippen LogP contribution in [0, 0.1) is 0 Å². The molecule has 0 saturated carbocycles. The van der Waals surface area contributed by atoms with Crippen LogP contribution in [0.5, 0.6) is 5.88 Å². The first-order valence-corrected chi connectivity index (χ1v) is 7.29. The van der Waals surface area contributed by atoms with Crippen LogP contribution in [0.25, 0.3) is 11.7 Å². The molecule has 0 aromatic carbocycles. The fourth-order valence-corrected chi connectivity index (χ4v) is 2.69. The van der Waals surface area contributed by atoms with Crippen molar-refractivity contribution in [3.05, 3.63) is 41.9 Å². The average Bonchev–Trinajstić information content (AvgIpc) is 3.25. The molecule has 0 spiro atoms. The Labute approximate surface area is 132 Å². The monoisotopic (exact) mass is 313 g/mol. The molecule has 0 bridgehead atoms. The van der Waals surface area contributed by atoms with Gasteiger partial charge in [-0.15, -0.1) is 10.2 Å². The molecule has 3 aromatic heterocycles. The number of hydrogen-bond donors (Lipinski definition) is 0. The van der Waals surface area contributed by atoms with E-state index in [0.717, 1.165) is 24.2 Å². The first kappa shape index (κ1) is 13.9. The van der Waals surface area contributed by atoms with Crippen molar-refractivity contribution >= 4 is 0 Å². The lowest BCUT2D eigenvalue weighted by molar-refractivity contribution is 0.214. The van der Waals surface area contributed by atoms with Gasteiger partial charge in [0.15, 0.2) is 5.76 Å². The van der Waals surface area contributed by atoms with Crippen molar-refractivity contribution in [3.8, 4) is 17.5 Å². The molecule has 4 heterocycles. The van der Waals surface area contributed by atoms with Gasteiger partial charge in [-0.1, -0.05) is 0 Å². The molecule has 0 aliphatic carbocycles. The molecule has 3 aromatic rings. The molecular formula is C15H15N5O3. The van der Waals surface area contributed by atoms with Crippen molar-refractivity contribution in [2.75, 3.05) is 13.7 Å². The summed E-state index contributed by atoms with van der Waals surface area (Å²) in [4.78, 5) is 10.7. The van der Waals surface area contributed by atoms with Crippen molar-refractivity contribution < 1.29 is 13.6 Å². The van der Waals surface area contributed by atoms with E-state index in [9.17, 15) is 0 Å². The van der Waals surface area contributed by atoms with E-state index in [2.05, 4.69) is 25.1 Å². The summed E-state index contributed by atoms with van der Waals surface area (Å²) in [7, 11) is 1.62. The van der Waals surface area contributed by atoms with Crippen molar-refractivity contribution in [2.24, 2.45) is 0 Å². The van der Waals surface area contributed by atoms with Gasteiger partial charge in [0.1, 0.15) is 6.33 Å². The number of nitrogens with zero attached hydrogens (tertiary/aromatic N) is 5. The highest BCUT2D eigenvalue weighted by molar-refractivity contribution is 5.42. The lowest BCUT2D eigenvalue weighted by atomic mass is 10.1. The van der Waals surface area contributed by atoms with Gasteiger partial charge in [0, 0.05) is 25.1 Å². The number of aromatic nitrogens is 4. The number of ether oxygens (including phenoxy) is 1. The van der Waals surface area contributed by atoms with Crippen LogP contribution in [0.4, 0.5) is 0 Å². The van der Waals surface area contributed by atoms with E-state index in [4.69, 9.17) is 13.6 Å². The Morgan fingerprint density at radius 1 is 1.30 bits per heavy atom. The highest BCUT2D eigenvalue weighted by Gasteiger charge is 2.23. The lowest BCUT2D eigenvalue weighted by Gasteiger charge is -2.27. The summed E-state index contributed by atoms with van der Waals surface area (Å²) in [5.41, 5.74) is 2.06. The zero-order valence-corrected chi connectivity index (χ0v) is 12.6. The SMILES string of the molecule is COc1ncnc2c1CN(Cc1nnc(-c3ccco3)o1)CC2. The van der Waals surface area contributed by atoms with E-state index in [1.165, 1.54) is 0 Å². The van der Waals surface area contributed by atoms with E-state index in [-0.39, 0.29) is 0 Å². The highest BCUT2D eigenvalue weighted by atomic mass is 16.5. The fourth-order valence-electron chi connectivity index (χ4n) is 2.69. The molecule has 0 unspecified atom stereocenters. The molecule has 118 valence electrons. The van der Waals surface area contributed by atoms with Crippen molar-refractivity contribution in [3.63, 3.8) is 0 Å². The third-order valence-electron chi connectivity index (χ3n) is 3.79. The molecule has 1 aliphatic heterocycles. The largest absolute Gasteiger partial charge is 0.481 e. The maximum atomic E-state index is 5.66. The van der Waals surface area contributed by atoms with Crippen LogP contribution in [0.3, 0.4) is 0 Å². The molecule has 1 aliphatic rings. The topological polar surface area (TPSA) is 90.3 Å². The second kappa shape index (κ2) is 5.81. The van der Waals surface area contributed by atoms with Gasteiger partial charge in [0.05, 0.1) is 25.6 Å². The van der Waals surface area contributed by atoms with Crippen LogP contribution in [-0.2, 0) is 19.5 Å². The Morgan fingerprint density at radius 2 is 2.26 bits per heavy atom. The summed E-state index contributed by atoms with van der Waals surface area (Å²) in [5.74, 6) is 2.14. The molecule has 0 N–H and O–H groups in total. The molecule has 4 rings (SSSR count). The molecule has 23 heavy (non-hydrogen) atoms. The Bertz CT molecular complexity index is 785. The summed E-state index contributed by atoms with van der Waals surface area (Å²) >= 11 is 0. The Morgan fingerprint density at radius 3 is 3.09 bits per heavy atom. The highest BCUT2D eigenvalue weighted by Crippen LogP contribution is 2.25. The maximum absolute atomic E-state index is 5.66. The predicted molar refractivity (Wildman–Crippen MR) is 78.4 cm³/mol. The molecule has 0 saturated heterocycles. The van der Waals surface area contributed by atoms with Crippen molar-refractivity contribution in [1.29, 1.82) is 0 Å². The standard InChI is InChI=1S/C15H15N5O3/c1-21-14-10-7-20(5-4-11(10)16-9-17-14)8-13-18-19-15(23-13)12-3-2-6-22-12/h2-3,6,9H,4-5,7-8H2,1H3. The van der Waals surface area contributed by atoms with Gasteiger partial charge in [0.2, 0.25) is 11.8 Å². The van der Waals surface area contributed by atoms with Gasteiger partial charge in [-0.2, -0.15) is 0 Å². The Hall–Kier alpha value is -2.74. The van der Waals surface area contributed by atoms with Gasteiger partial charge >= 0.3 is 0 Å². The molecule has 0 amide bonds. The van der Waals surface area contributed by atoms with Gasteiger partial charge in [-0.3, -0.25) is 4.90 Å². The van der Waals surface area contributed by atoms with E-state index in [0.29, 0.717) is 36.5 Å². The molecule has 0 radical (unpaired) electrons. The lowest BCUT2D eigenvalue weighted by Crippen LogP contribution is -2.31. The van der Waals surface area contributed by atoms with E-state index in [1.807, 2.05) is 0 Å². The molecule has 8 heteroatoms. The number of rotatable bonds is 4. The summed E-state index contributed by atoms with van der Waals surface area (Å²) in [6.07, 6.45) is 3.96. The minimum atomic E-state index is 0.392. The van der Waals surface area contributed by atoms with Crippen LogP contribution in [-0.4, -0.2) is 38.7 Å². The van der Waals surface area contributed by atoms with Gasteiger partial charge in [0.25, 0.3) is 5.89 Å². The number of fused-ring (bicyclic) bond motifs is 1. The number of hydrogen-bond acceptors (Lipinski definition) is 8. The predicted octanol–water partition coefficient (Wildman–Crippen LogP) is 1.69. The molecule has 0 fully saturated rings. The second-order valence-electron chi connectivity index (χ2n) is 5.25. The maximum Gasteiger partial charge on any atom is 0.283 e. The third kappa shape index (κ3) is 2.68. The smallest absolute Gasteiger partial charge is 0.283 e. The van der Waals surface area contributed by atoms with Gasteiger partial charge in [-0.25, -0.2) is 9.97 Å². The summed E-state index contributed by atoms with van der Waals surface area (Å²) in [6.45, 7) is 2.12. The summed E-state index contributed by atoms with van der Waals surface area (Å²) in [5, 5.41) is 8.10. The molecular weight excluding hydrogens is 298 g/mol. The van der Waals surface area contributed by atoms with Crippen LogP contribution in [0.1, 0.15) is 17.1 Å². The van der Waals surface area contributed by atoms with E-state index in [1.54, 1.807) is 31.8 Å². The fraction of sp³-hybridized carbons (Fsp3) is 0.333. The van der Waals surface area contributed by atoms with Gasteiger partial charge < -0.3 is 13.6 Å². The van der Waals surface area contributed by atoms with Crippen LogP contribution in [0.15, 0.2) is 33.6 Å². The Kier molecular flexibility index (Phi) is 3.51. The van der Waals surface area contributed by atoms with Crippen molar-refractivity contribution in [1.82, 2.24) is 25.1 Å². The first-order valence-electron chi connectivity index (χ1n) is 7.29. The zero-order valence-electron chi connectivity index (χ0n) is 12.6. The van der Waals surface area contributed by atoms with Crippen LogP contribution >= 0.6 is 0 Å². The van der Waals surface area contributed by atoms with E-state index < -0.39 is 0 Å². The molecule has 8 nitrogen and oxygen atoms in total. The average molecular weight is 313 g/mol. The zero-order chi connectivity index (χ0) is 15.6. The minimum absolute atomic E-state index is 0.392. The van der Waals surface area contributed by atoms with Crippen molar-refractivity contribution in [2.45, 2.75) is 19.5 Å². The van der Waals surface area contributed by atoms with Crippen LogP contribution in [0.2, 0.25) is 0 Å². The molecule has 0 atom stereocenters. The Balaban J connectivity index is 1.50. The summed E-state index contributed by atoms with van der Waals surface area (Å²) in [6, 6.07) is 3.57. The number of furan rings is 1. The third-order valence-corrected chi connectivity index (χ3v) is 3.79. The normalized spacial score (nSPS) is 14.7.